The topological polar surface area (TPSA) is 133 Å². The Labute approximate surface area is 647 Å². The first-order valence-corrected chi connectivity index (χ1v) is 69.8. The minimum atomic E-state index is -7.91. The van der Waals surface area contributed by atoms with E-state index in [9.17, 15) is 74.4 Å². The lowest BCUT2D eigenvalue weighted by Gasteiger charge is -2.40. The molecule has 1 aliphatic rings. The van der Waals surface area contributed by atoms with Gasteiger partial charge in [0.15, 0.2) is 0 Å². The summed E-state index contributed by atoms with van der Waals surface area (Å²) >= 11 is 0. The summed E-state index contributed by atoms with van der Waals surface area (Å²) in [5, 5.41) is 0.975. The van der Waals surface area contributed by atoms with Gasteiger partial charge in [0.05, 0.1) is 13.2 Å². The molecule has 1 saturated heterocycles. The van der Waals surface area contributed by atoms with Gasteiger partial charge in [0.25, 0.3) is 0 Å². The average molecular weight is 1780 g/mol. The summed E-state index contributed by atoms with van der Waals surface area (Å²) in [4.78, 5) is 0. The van der Waals surface area contributed by atoms with Gasteiger partial charge in [-0.2, -0.15) is 70.2 Å². The van der Waals surface area contributed by atoms with E-state index in [1.807, 2.05) is 30.3 Å². The van der Waals surface area contributed by atoms with Gasteiger partial charge in [-0.1, -0.05) is 213 Å². The zero-order valence-electron chi connectivity index (χ0n) is 72.6. The molecule has 1 atom stereocenters. The fraction of sp³-hybridized carbons (Fsp3) is 0.908. The number of hydrogen-bond acceptors (Lipinski definition) is 14. The van der Waals surface area contributed by atoms with Gasteiger partial charge in [-0.15, -0.1) is 0 Å². The highest BCUT2D eigenvalue weighted by Crippen LogP contribution is 2.61. The molecular weight excluding hydrogens is 1640 g/mol. The molecule has 1 aromatic rings. The van der Waals surface area contributed by atoms with Crippen LogP contribution in [0.1, 0.15) is 40.0 Å². The largest absolute Gasteiger partial charge is 0.720 e. The van der Waals surface area contributed by atoms with Gasteiger partial charge in [-0.25, -0.2) is 4.11 Å². The number of epoxide rings is 1. The maximum atomic E-state index is 13.6. The number of hydrogen-bond donors (Lipinski definition) is 0. The maximum Gasteiger partial charge on any atom is 0.720 e. The highest BCUT2D eigenvalue weighted by Gasteiger charge is 2.90. The van der Waals surface area contributed by atoms with Crippen LogP contribution in [-0.2, 0) is 62.6 Å². The first-order valence-electron chi connectivity index (χ1n) is 34.9. The van der Waals surface area contributed by atoms with E-state index < -0.39 is 153 Å². The molecule has 0 aromatic heterocycles. The summed E-state index contributed by atoms with van der Waals surface area (Å²) in [6, 6.07) is 9.45. The van der Waals surface area contributed by atoms with E-state index in [0.717, 1.165) is 46.3 Å². The van der Waals surface area contributed by atoms with Crippen LogP contribution < -0.4 is 5.19 Å². The standard InChI is InChI=1S/C11H13F13O3Si.C9H14O3Si.C9H20O2Si.C6H13F3O3Si.C6H15FO3Si.6C4H12Si/c1-25-28(26-2,27-3)5-4-6(12,13)7(14,15)8(16,17)9(18,19)10(20,21)11(22,23)24;1-10-13(11-2,12-3)9-7-5-4-6-8-9;1-12(2,3)6-4-5-10-7-9-8-11-9;1-10-13(11-2,12-3)5-4-6(7,8)9;1-4-8-11(7,9-5-2)10-6-3;6*1-5(2,3)4/h4-5H2,1-3H3;4-8H,1-3H3;9H,4-8H2,1-3H3;4-5H2,1-3H3;4-6H2,1-3H3;6*1-4H3. The molecular formula is C65H147F17O14Si11. The van der Waals surface area contributed by atoms with Crippen molar-refractivity contribution in [2.75, 3.05) is 104 Å². The zero-order valence-corrected chi connectivity index (χ0v) is 83.6. The second-order valence-corrected chi connectivity index (χ2v) is 87.3. The van der Waals surface area contributed by atoms with Crippen LogP contribution >= 0.6 is 0 Å². The molecule has 0 amide bonds. The SMILES string of the molecule is CCO[Si](F)(OCC)OCC.CO[Si](CCC(F)(F)C(F)(F)C(F)(F)C(F)(F)C(F)(F)C(F)(F)F)(OC)OC.CO[Si](CCC(F)(F)F)(OC)OC.CO[Si](OC)(OC)c1ccccc1.C[Si](C)(C)C.C[Si](C)(C)C.C[Si](C)(C)C.C[Si](C)(C)C.C[Si](C)(C)C.C[Si](C)(C)C.C[Si](C)(C)CCCOCC1CO1. The Balaban J connectivity index is -0.000000150. The Morgan fingerprint density at radius 1 is 0.374 bits per heavy atom. The fourth-order valence-electron chi connectivity index (χ4n) is 5.65. The van der Waals surface area contributed by atoms with Crippen LogP contribution in [0.15, 0.2) is 30.3 Å². The molecule has 0 saturated carbocycles. The van der Waals surface area contributed by atoms with Gasteiger partial charge in [0, 0.05) is 177 Å². The predicted molar refractivity (Wildman–Crippen MR) is 432 cm³/mol. The third kappa shape index (κ3) is 74.4. The average Bonchev–Trinajstić information content (AvgIpc) is 1.71. The van der Waals surface area contributed by atoms with Crippen LogP contribution in [0.4, 0.5) is 74.4 Å². The van der Waals surface area contributed by atoms with Gasteiger partial charge in [-0.3, -0.25) is 0 Å². The van der Waals surface area contributed by atoms with E-state index in [-0.39, 0.29) is 25.9 Å². The van der Waals surface area contributed by atoms with Crippen molar-refractivity contribution in [3.8, 4) is 0 Å². The van der Waals surface area contributed by atoms with Crippen molar-refractivity contribution < 1.29 is 137 Å². The van der Waals surface area contributed by atoms with Crippen molar-refractivity contribution in [2.45, 2.75) is 283 Å². The van der Waals surface area contributed by atoms with Gasteiger partial charge >= 0.3 is 77.5 Å². The minimum Gasteiger partial charge on any atom is -0.379 e. The Kier molecular flexibility index (Phi) is 64.8. The minimum absolute atomic E-state index is 0.250. The fourth-order valence-corrected chi connectivity index (χ4v) is 13.4. The number of alkyl halides is 16. The van der Waals surface area contributed by atoms with Crippen molar-refractivity contribution in [1.82, 2.24) is 0 Å². The third-order valence-corrected chi connectivity index (χ3v) is 22.0. The highest BCUT2D eigenvalue weighted by atomic mass is 28.4. The number of halogens is 17. The molecule has 654 valence electrons. The molecule has 1 fully saturated rings. The molecule has 42 heteroatoms. The first kappa shape index (κ1) is 125. The second kappa shape index (κ2) is 55.5. The zero-order chi connectivity index (χ0) is 88.1. The molecule has 2 rings (SSSR count). The van der Waals surface area contributed by atoms with Gasteiger partial charge in [-0.05, 0) is 27.2 Å². The summed E-state index contributed by atoms with van der Waals surface area (Å²) in [7, 11) is -7.03. The van der Waals surface area contributed by atoms with Crippen LogP contribution in [0.3, 0.4) is 0 Å². The summed E-state index contributed by atoms with van der Waals surface area (Å²) in [6.07, 6.45) is -13.4. The van der Waals surface area contributed by atoms with Gasteiger partial charge in [0.2, 0.25) is 0 Å². The monoisotopic (exact) mass is 1780 g/mol. The van der Waals surface area contributed by atoms with Crippen molar-refractivity contribution >= 4 is 97.3 Å². The Bertz CT molecular complexity index is 2110. The van der Waals surface area contributed by atoms with Crippen LogP contribution in [0.25, 0.3) is 0 Å². The molecule has 1 unspecified atom stereocenters. The van der Waals surface area contributed by atoms with Gasteiger partial charge < -0.3 is 62.6 Å². The molecule has 14 nitrogen and oxygen atoms in total. The molecule has 0 spiro atoms. The van der Waals surface area contributed by atoms with E-state index in [2.05, 4.69) is 190 Å². The second-order valence-electron chi connectivity index (χ2n) is 34.7. The van der Waals surface area contributed by atoms with Crippen molar-refractivity contribution in [2.24, 2.45) is 0 Å². The lowest BCUT2D eigenvalue weighted by atomic mass is 9.93. The van der Waals surface area contributed by atoms with Crippen LogP contribution in [0, 0.1) is 0 Å². The Morgan fingerprint density at radius 2 is 0.636 bits per heavy atom. The van der Waals surface area contributed by atoms with E-state index in [1.165, 1.54) is 33.8 Å². The highest BCUT2D eigenvalue weighted by molar-refractivity contribution is 6.77. The molecule has 0 radical (unpaired) electrons. The van der Waals surface area contributed by atoms with E-state index in [0.29, 0.717) is 6.10 Å². The maximum absolute atomic E-state index is 13.6. The van der Waals surface area contributed by atoms with Gasteiger partial charge in [0.1, 0.15) is 6.10 Å². The van der Waals surface area contributed by atoms with E-state index in [1.54, 1.807) is 42.1 Å². The Hall–Kier alpha value is -0.144. The molecule has 1 heterocycles. The molecule has 0 aliphatic carbocycles. The predicted octanol–water partition coefficient (Wildman–Crippen LogP) is 22.9. The van der Waals surface area contributed by atoms with E-state index in [4.69, 9.17) is 49.3 Å². The third-order valence-electron chi connectivity index (χ3n) is 10.1. The summed E-state index contributed by atoms with van der Waals surface area (Å²) in [5.74, 6) is -37.0. The number of ether oxygens (including phenoxy) is 2. The van der Waals surface area contributed by atoms with Crippen molar-refractivity contribution in [3.05, 3.63) is 30.3 Å². The quantitative estimate of drug-likeness (QED) is 0.0230. The normalized spacial score (nSPS) is 14.3. The van der Waals surface area contributed by atoms with E-state index >= 15 is 0 Å². The number of benzene rings is 1. The lowest BCUT2D eigenvalue weighted by molar-refractivity contribution is -0.440. The molecule has 0 N–H and O–H groups in total. The number of rotatable bonds is 31. The molecule has 1 aromatic carbocycles. The Morgan fingerprint density at radius 3 is 0.850 bits per heavy atom. The molecule has 107 heavy (non-hydrogen) atoms. The van der Waals surface area contributed by atoms with Crippen LogP contribution in [0.5, 0.6) is 0 Å². The summed E-state index contributed by atoms with van der Waals surface area (Å²) in [5.41, 5.74) is 0. The molecule has 0 bridgehead atoms. The molecule has 1 aliphatic heterocycles. The van der Waals surface area contributed by atoms with Crippen LogP contribution in [0.2, 0.25) is 195 Å². The summed E-state index contributed by atoms with van der Waals surface area (Å²) < 4.78 is 286. The first-order chi connectivity index (χ1) is 47.1. The van der Waals surface area contributed by atoms with Crippen LogP contribution in [-0.4, -0.2) is 244 Å². The van der Waals surface area contributed by atoms with Crippen molar-refractivity contribution in [1.29, 1.82) is 0 Å². The summed E-state index contributed by atoms with van der Waals surface area (Å²) in [6.45, 7) is 71.6. The lowest BCUT2D eigenvalue weighted by Crippen LogP contribution is -2.70. The van der Waals surface area contributed by atoms with Crippen molar-refractivity contribution in [3.63, 3.8) is 0 Å². The smallest absolute Gasteiger partial charge is 0.379 e.